The zero-order valence-electron chi connectivity index (χ0n) is 10.2. The van der Waals surface area contributed by atoms with Gasteiger partial charge in [-0.15, -0.1) is 11.6 Å². The molecule has 4 heteroatoms. The van der Waals surface area contributed by atoms with Crippen molar-refractivity contribution in [1.82, 2.24) is 5.32 Å². The summed E-state index contributed by atoms with van der Waals surface area (Å²) in [5, 5.41) is 12.6. The van der Waals surface area contributed by atoms with E-state index >= 15 is 0 Å². The average molecular weight is 268 g/mol. The minimum atomic E-state index is -0.0430. The minimum absolute atomic E-state index is 0.0430. The quantitative estimate of drug-likeness (QED) is 0.824. The summed E-state index contributed by atoms with van der Waals surface area (Å²) in [6, 6.07) is 7.12. The van der Waals surface area contributed by atoms with Crippen molar-refractivity contribution < 1.29 is 9.90 Å². The van der Waals surface area contributed by atoms with Crippen LogP contribution in [-0.4, -0.2) is 22.9 Å². The summed E-state index contributed by atoms with van der Waals surface area (Å²) in [6.45, 7) is 0. The second-order valence-corrected chi connectivity index (χ2v) is 5.13. The van der Waals surface area contributed by atoms with E-state index in [0.717, 1.165) is 19.3 Å². The Morgan fingerprint density at radius 3 is 2.89 bits per heavy atom. The number of benzene rings is 1. The van der Waals surface area contributed by atoms with Crippen molar-refractivity contribution in [3.8, 4) is 5.75 Å². The lowest BCUT2D eigenvalue weighted by molar-refractivity contribution is -0.121. The normalized spacial score (nSPS) is 22.9. The number of alkyl halides is 1. The lowest BCUT2D eigenvalue weighted by Crippen LogP contribution is -2.38. The van der Waals surface area contributed by atoms with Gasteiger partial charge in [-0.1, -0.05) is 24.6 Å². The molecule has 18 heavy (non-hydrogen) atoms. The first kappa shape index (κ1) is 13.2. The summed E-state index contributed by atoms with van der Waals surface area (Å²) >= 11 is 5.88. The van der Waals surface area contributed by atoms with Crippen molar-refractivity contribution in [1.29, 1.82) is 0 Å². The van der Waals surface area contributed by atoms with Crippen molar-refractivity contribution in [2.24, 2.45) is 5.92 Å². The molecule has 1 amide bonds. The van der Waals surface area contributed by atoms with Gasteiger partial charge in [-0.3, -0.25) is 4.79 Å². The lowest BCUT2D eigenvalue weighted by atomic mass is 10.1. The second-order valence-electron chi connectivity index (χ2n) is 4.82. The fourth-order valence-corrected chi connectivity index (χ4v) is 2.87. The fourth-order valence-electron chi connectivity index (χ4n) is 2.50. The number of aromatic hydroxyl groups is 1. The van der Waals surface area contributed by atoms with Crippen LogP contribution in [0.15, 0.2) is 24.3 Å². The third-order valence-corrected chi connectivity index (χ3v) is 3.94. The maximum atomic E-state index is 11.9. The molecule has 0 heterocycles. The zero-order chi connectivity index (χ0) is 13.0. The molecule has 3 nitrogen and oxygen atoms in total. The van der Waals surface area contributed by atoms with Gasteiger partial charge in [-0.25, -0.2) is 0 Å². The molecular formula is C14H18ClNO2. The highest BCUT2D eigenvalue weighted by Crippen LogP contribution is 2.26. The van der Waals surface area contributed by atoms with Gasteiger partial charge in [0.15, 0.2) is 0 Å². The van der Waals surface area contributed by atoms with Gasteiger partial charge in [0.1, 0.15) is 5.75 Å². The number of phenolic OH excluding ortho intramolecular Hbond substituents is 1. The predicted molar refractivity (Wildman–Crippen MR) is 71.8 cm³/mol. The van der Waals surface area contributed by atoms with E-state index in [9.17, 15) is 9.90 Å². The van der Waals surface area contributed by atoms with Crippen molar-refractivity contribution >= 4 is 17.5 Å². The van der Waals surface area contributed by atoms with Gasteiger partial charge in [-0.2, -0.15) is 0 Å². The van der Waals surface area contributed by atoms with Gasteiger partial charge >= 0.3 is 0 Å². The topological polar surface area (TPSA) is 49.3 Å². The number of hydrogen-bond acceptors (Lipinski definition) is 2. The van der Waals surface area contributed by atoms with Gasteiger partial charge in [0.25, 0.3) is 0 Å². The first-order valence-corrected chi connectivity index (χ1v) is 6.86. The molecule has 1 fully saturated rings. The monoisotopic (exact) mass is 267 g/mol. The van der Waals surface area contributed by atoms with Crippen LogP contribution in [0.25, 0.3) is 0 Å². The molecule has 0 saturated heterocycles. The Morgan fingerprint density at radius 2 is 2.17 bits per heavy atom. The van der Waals surface area contributed by atoms with Crippen LogP contribution in [0.4, 0.5) is 0 Å². The van der Waals surface area contributed by atoms with Crippen LogP contribution >= 0.6 is 11.6 Å². The molecule has 0 spiro atoms. The first-order valence-electron chi connectivity index (χ1n) is 6.33. The number of carbonyl (C=O) groups is 1. The highest BCUT2D eigenvalue weighted by atomic mass is 35.5. The summed E-state index contributed by atoms with van der Waals surface area (Å²) in [4.78, 5) is 11.9. The molecule has 2 N–H and O–H groups in total. The van der Waals surface area contributed by atoms with Gasteiger partial charge in [-0.05, 0) is 24.8 Å². The first-order chi connectivity index (χ1) is 8.70. The Labute approximate surface area is 112 Å². The molecule has 0 radical (unpaired) electrons. The van der Waals surface area contributed by atoms with E-state index in [-0.39, 0.29) is 24.1 Å². The molecule has 1 aliphatic carbocycles. The summed E-state index contributed by atoms with van der Waals surface area (Å²) < 4.78 is 0. The van der Waals surface area contributed by atoms with Gasteiger partial charge in [0, 0.05) is 17.5 Å². The molecule has 2 unspecified atom stereocenters. The van der Waals surface area contributed by atoms with Crippen molar-refractivity contribution in [2.75, 3.05) is 5.88 Å². The van der Waals surface area contributed by atoms with Crippen LogP contribution in [0.2, 0.25) is 0 Å². The van der Waals surface area contributed by atoms with Crippen LogP contribution in [0.5, 0.6) is 5.75 Å². The molecule has 1 aromatic carbocycles. The predicted octanol–water partition coefficient (Wildman–Crippen LogP) is 2.46. The Hall–Kier alpha value is -1.22. The Bertz CT molecular complexity index is 422. The molecule has 2 atom stereocenters. The lowest BCUT2D eigenvalue weighted by Gasteiger charge is -2.19. The van der Waals surface area contributed by atoms with E-state index in [0.29, 0.717) is 17.4 Å². The van der Waals surface area contributed by atoms with E-state index in [2.05, 4.69) is 5.32 Å². The molecule has 0 aromatic heterocycles. The molecule has 1 saturated carbocycles. The highest BCUT2D eigenvalue weighted by molar-refractivity contribution is 6.18. The molecule has 1 aromatic rings. The number of rotatable bonds is 4. The summed E-state index contributed by atoms with van der Waals surface area (Å²) in [7, 11) is 0. The second kappa shape index (κ2) is 6.10. The Balaban J connectivity index is 1.91. The largest absolute Gasteiger partial charge is 0.508 e. The number of para-hydroxylation sites is 1. The van der Waals surface area contributed by atoms with Crippen LogP contribution in [0.3, 0.4) is 0 Å². The number of carbonyl (C=O) groups excluding carboxylic acids is 1. The highest BCUT2D eigenvalue weighted by Gasteiger charge is 2.27. The number of phenols is 1. The van der Waals surface area contributed by atoms with Gasteiger partial charge in [0.05, 0.1) is 6.42 Å². The average Bonchev–Trinajstić information content (AvgIpc) is 2.79. The summed E-state index contributed by atoms with van der Waals surface area (Å²) in [5.74, 6) is 1.12. The van der Waals surface area contributed by atoms with Crippen LogP contribution < -0.4 is 5.32 Å². The molecule has 1 aliphatic rings. The SMILES string of the molecule is O=C(Cc1ccccc1O)NC1CCCC1CCl. The Kier molecular flexibility index (Phi) is 4.48. The molecule has 0 aliphatic heterocycles. The number of halogens is 1. The number of nitrogens with one attached hydrogen (secondary N) is 1. The zero-order valence-corrected chi connectivity index (χ0v) is 11.0. The molecule has 98 valence electrons. The summed E-state index contributed by atoms with van der Waals surface area (Å²) in [6.07, 6.45) is 3.44. The van der Waals surface area contributed by atoms with Crippen molar-refractivity contribution in [3.63, 3.8) is 0 Å². The molecule has 0 bridgehead atoms. The standard InChI is InChI=1S/C14H18ClNO2/c15-9-11-5-3-6-12(11)16-14(18)8-10-4-1-2-7-13(10)17/h1-2,4,7,11-12,17H,3,5-6,8-9H2,(H,16,18). The van der Waals surface area contributed by atoms with Crippen LogP contribution in [-0.2, 0) is 11.2 Å². The van der Waals surface area contributed by atoms with E-state index < -0.39 is 0 Å². The third kappa shape index (κ3) is 3.16. The van der Waals surface area contributed by atoms with Crippen LogP contribution in [0.1, 0.15) is 24.8 Å². The minimum Gasteiger partial charge on any atom is -0.508 e. The van der Waals surface area contributed by atoms with E-state index in [1.54, 1.807) is 18.2 Å². The fraction of sp³-hybridized carbons (Fsp3) is 0.500. The van der Waals surface area contributed by atoms with E-state index in [1.165, 1.54) is 0 Å². The smallest absolute Gasteiger partial charge is 0.224 e. The number of hydrogen-bond donors (Lipinski definition) is 2. The van der Waals surface area contributed by atoms with Crippen molar-refractivity contribution in [3.05, 3.63) is 29.8 Å². The van der Waals surface area contributed by atoms with E-state index in [4.69, 9.17) is 11.6 Å². The summed E-state index contributed by atoms with van der Waals surface area (Å²) in [5.41, 5.74) is 0.662. The molecular weight excluding hydrogens is 250 g/mol. The van der Waals surface area contributed by atoms with Crippen LogP contribution in [0, 0.1) is 5.92 Å². The Morgan fingerprint density at radius 1 is 1.39 bits per heavy atom. The van der Waals surface area contributed by atoms with E-state index in [1.807, 2.05) is 6.07 Å². The van der Waals surface area contributed by atoms with Crippen molar-refractivity contribution in [2.45, 2.75) is 31.7 Å². The molecule has 2 rings (SSSR count). The maximum Gasteiger partial charge on any atom is 0.224 e. The third-order valence-electron chi connectivity index (χ3n) is 3.55. The maximum absolute atomic E-state index is 11.9. The van der Waals surface area contributed by atoms with Gasteiger partial charge < -0.3 is 10.4 Å². The number of amides is 1. The van der Waals surface area contributed by atoms with Gasteiger partial charge in [0.2, 0.25) is 5.91 Å².